The van der Waals surface area contributed by atoms with Gasteiger partial charge in [-0.15, -0.1) is 0 Å². The molecule has 0 aromatic carbocycles. The number of anilines is 1. The van der Waals surface area contributed by atoms with Gasteiger partial charge in [-0.3, -0.25) is 0 Å². The van der Waals surface area contributed by atoms with E-state index in [-0.39, 0.29) is 0 Å². The van der Waals surface area contributed by atoms with Crippen molar-refractivity contribution in [2.24, 2.45) is 0 Å². The lowest BCUT2D eigenvalue weighted by Gasteiger charge is -2.22. The minimum absolute atomic E-state index is 0.461. The molecular formula is C14H23N3O. The van der Waals surface area contributed by atoms with Crippen LogP contribution in [0.5, 0.6) is 0 Å². The molecule has 1 aliphatic rings. The third kappa shape index (κ3) is 4.63. The molecule has 0 spiro atoms. The highest BCUT2D eigenvalue weighted by Crippen LogP contribution is 2.08. The maximum absolute atomic E-state index is 5.84. The van der Waals surface area contributed by atoms with Gasteiger partial charge in [0.25, 0.3) is 0 Å². The largest absolute Gasteiger partial charge is 0.378 e. The van der Waals surface area contributed by atoms with Gasteiger partial charge in [-0.1, -0.05) is 6.07 Å². The summed E-state index contributed by atoms with van der Waals surface area (Å²) in [5.74, 6) is 0.955. The Morgan fingerprint density at radius 1 is 1.39 bits per heavy atom. The van der Waals surface area contributed by atoms with Crippen LogP contribution in [0.3, 0.4) is 0 Å². The van der Waals surface area contributed by atoms with Crippen LogP contribution >= 0.6 is 0 Å². The second kappa shape index (κ2) is 7.34. The van der Waals surface area contributed by atoms with Crippen LogP contribution in [0.25, 0.3) is 0 Å². The van der Waals surface area contributed by atoms with Gasteiger partial charge in [0.1, 0.15) is 5.82 Å². The van der Waals surface area contributed by atoms with Crippen LogP contribution in [-0.2, 0) is 4.74 Å². The van der Waals surface area contributed by atoms with Crippen molar-refractivity contribution in [3.8, 4) is 0 Å². The van der Waals surface area contributed by atoms with Crippen LogP contribution in [0.4, 0.5) is 5.82 Å². The Morgan fingerprint density at radius 2 is 2.22 bits per heavy atom. The topological polar surface area (TPSA) is 46.2 Å². The van der Waals surface area contributed by atoms with E-state index in [1.165, 1.54) is 0 Å². The molecular weight excluding hydrogens is 226 g/mol. The normalized spacial score (nSPS) is 16.7. The fraction of sp³-hybridized carbons (Fsp3) is 0.643. The number of aromatic nitrogens is 1. The number of rotatable bonds is 6. The molecule has 4 heteroatoms. The molecule has 2 rings (SSSR count). The van der Waals surface area contributed by atoms with Crippen molar-refractivity contribution in [3.05, 3.63) is 23.9 Å². The molecule has 4 nitrogen and oxygen atoms in total. The second-order valence-corrected chi connectivity index (χ2v) is 4.76. The molecule has 0 atom stereocenters. The molecule has 1 aromatic rings. The molecule has 1 aliphatic heterocycles. The predicted octanol–water partition coefficient (Wildman–Crippen LogP) is 1.96. The maximum atomic E-state index is 5.84. The molecule has 18 heavy (non-hydrogen) atoms. The van der Waals surface area contributed by atoms with E-state index in [2.05, 4.69) is 15.6 Å². The summed E-state index contributed by atoms with van der Waals surface area (Å²) in [4.78, 5) is 4.40. The van der Waals surface area contributed by atoms with Crippen LogP contribution < -0.4 is 10.6 Å². The molecule has 0 radical (unpaired) electrons. The van der Waals surface area contributed by atoms with Crippen molar-refractivity contribution in [2.45, 2.75) is 32.3 Å². The molecule has 0 saturated carbocycles. The summed E-state index contributed by atoms with van der Waals surface area (Å²) in [6, 6.07) is 6.03. The number of nitrogens with zero attached hydrogens (tertiary/aromatic N) is 1. The summed E-state index contributed by atoms with van der Waals surface area (Å²) in [6.07, 6.45) is 3.78. The van der Waals surface area contributed by atoms with Crippen LogP contribution in [0.15, 0.2) is 18.2 Å². The molecule has 100 valence electrons. The minimum Gasteiger partial charge on any atom is -0.378 e. The number of hydrogen-bond acceptors (Lipinski definition) is 4. The zero-order valence-electron chi connectivity index (χ0n) is 11.1. The van der Waals surface area contributed by atoms with Gasteiger partial charge < -0.3 is 15.4 Å². The standard InChI is InChI=1S/C14H23N3O/c1-12-4-2-5-14(17-12)16-8-3-11-18-13-6-9-15-10-7-13/h2,4-5,13,15H,3,6-11H2,1H3,(H,16,17). The van der Waals surface area contributed by atoms with Gasteiger partial charge in [0.2, 0.25) is 0 Å². The van der Waals surface area contributed by atoms with Crippen LogP contribution in [0, 0.1) is 6.92 Å². The van der Waals surface area contributed by atoms with Crippen molar-refractivity contribution in [2.75, 3.05) is 31.6 Å². The van der Waals surface area contributed by atoms with Gasteiger partial charge in [-0.05, 0) is 51.4 Å². The van der Waals surface area contributed by atoms with E-state index in [0.717, 1.165) is 57.0 Å². The Kier molecular flexibility index (Phi) is 5.42. The first-order chi connectivity index (χ1) is 8.84. The third-order valence-corrected chi connectivity index (χ3v) is 3.16. The number of hydrogen-bond donors (Lipinski definition) is 2. The van der Waals surface area contributed by atoms with Gasteiger partial charge in [0.15, 0.2) is 0 Å². The molecule has 0 aliphatic carbocycles. The lowest BCUT2D eigenvalue weighted by atomic mass is 10.1. The van der Waals surface area contributed by atoms with E-state index in [9.17, 15) is 0 Å². The average Bonchev–Trinajstić information content (AvgIpc) is 2.40. The van der Waals surface area contributed by atoms with Crippen molar-refractivity contribution < 1.29 is 4.74 Å². The van der Waals surface area contributed by atoms with E-state index < -0.39 is 0 Å². The zero-order valence-corrected chi connectivity index (χ0v) is 11.1. The number of ether oxygens (including phenoxy) is 1. The first-order valence-corrected chi connectivity index (χ1v) is 6.84. The monoisotopic (exact) mass is 249 g/mol. The third-order valence-electron chi connectivity index (χ3n) is 3.16. The first-order valence-electron chi connectivity index (χ1n) is 6.84. The highest BCUT2D eigenvalue weighted by Gasteiger charge is 2.12. The van der Waals surface area contributed by atoms with E-state index in [1.54, 1.807) is 0 Å². The van der Waals surface area contributed by atoms with E-state index in [4.69, 9.17) is 4.74 Å². The van der Waals surface area contributed by atoms with Gasteiger partial charge >= 0.3 is 0 Å². The van der Waals surface area contributed by atoms with E-state index in [0.29, 0.717) is 6.10 Å². The second-order valence-electron chi connectivity index (χ2n) is 4.76. The molecule has 0 bridgehead atoms. The quantitative estimate of drug-likeness (QED) is 0.757. The van der Waals surface area contributed by atoms with Crippen molar-refractivity contribution in [3.63, 3.8) is 0 Å². The van der Waals surface area contributed by atoms with E-state index >= 15 is 0 Å². The lowest BCUT2D eigenvalue weighted by Crippen LogP contribution is -2.32. The Bertz CT molecular complexity index is 351. The van der Waals surface area contributed by atoms with Crippen LogP contribution in [0.1, 0.15) is 25.0 Å². The highest BCUT2D eigenvalue weighted by molar-refractivity contribution is 5.34. The zero-order chi connectivity index (χ0) is 12.6. The number of piperidine rings is 1. The molecule has 2 heterocycles. The summed E-state index contributed by atoms with van der Waals surface area (Å²) in [5.41, 5.74) is 1.05. The molecule has 1 fully saturated rings. The molecule has 1 saturated heterocycles. The Balaban J connectivity index is 1.55. The molecule has 1 aromatic heterocycles. The fourth-order valence-corrected chi connectivity index (χ4v) is 2.14. The lowest BCUT2D eigenvalue weighted by molar-refractivity contribution is 0.0329. The van der Waals surface area contributed by atoms with Crippen molar-refractivity contribution in [1.29, 1.82) is 0 Å². The van der Waals surface area contributed by atoms with Gasteiger partial charge in [-0.25, -0.2) is 4.98 Å². The van der Waals surface area contributed by atoms with Crippen molar-refractivity contribution in [1.82, 2.24) is 10.3 Å². The predicted molar refractivity (Wildman–Crippen MR) is 73.9 cm³/mol. The Hall–Kier alpha value is -1.13. The summed E-state index contributed by atoms with van der Waals surface area (Å²) >= 11 is 0. The SMILES string of the molecule is Cc1cccc(NCCCOC2CCNCC2)n1. The first kappa shape index (κ1) is 13.3. The van der Waals surface area contributed by atoms with Crippen LogP contribution in [0.2, 0.25) is 0 Å². The fourth-order valence-electron chi connectivity index (χ4n) is 2.14. The summed E-state index contributed by atoms with van der Waals surface area (Å²) < 4.78 is 5.84. The van der Waals surface area contributed by atoms with Gasteiger partial charge in [0.05, 0.1) is 6.10 Å². The van der Waals surface area contributed by atoms with Crippen molar-refractivity contribution >= 4 is 5.82 Å². The molecule has 0 amide bonds. The molecule has 0 unspecified atom stereocenters. The molecule has 2 N–H and O–H groups in total. The summed E-state index contributed by atoms with van der Waals surface area (Å²) in [5, 5.41) is 6.66. The van der Waals surface area contributed by atoms with Gasteiger partial charge in [0, 0.05) is 18.8 Å². The minimum atomic E-state index is 0.461. The maximum Gasteiger partial charge on any atom is 0.126 e. The average molecular weight is 249 g/mol. The number of nitrogens with one attached hydrogen (secondary N) is 2. The Morgan fingerprint density at radius 3 is 3.00 bits per heavy atom. The summed E-state index contributed by atoms with van der Waals surface area (Å²) in [7, 11) is 0. The van der Waals surface area contributed by atoms with E-state index in [1.807, 2.05) is 25.1 Å². The number of aryl methyl sites for hydroxylation is 1. The van der Waals surface area contributed by atoms with Gasteiger partial charge in [-0.2, -0.15) is 0 Å². The smallest absolute Gasteiger partial charge is 0.126 e. The highest BCUT2D eigenvalue weighted by atomic mass is 16.5. The number of pyridine rings is 1. The summed E-state index contributed by atoms with van der Waals surface area (Å²) in [6.45, 7) is 5.95. The van der Waals surface area contributed by atoms with Crippen LogP contribution in [-0.4, -0.2) is 37.3 Å². The Labute approximate surface area is 109 Å².